The van der Waals surface area contributed by atoms with Gasteiger partial charge in [-0.2, -0.15) is 13.2 Å². The summed E-state index contributed by atoms with van der Waals surface area (Å²) in [6.45, 7) is 4.03. The van der Waals surface area contributed by atoms with Crippen LogP contribution in [0.15, 0.2) is 60.7 Å². The van der Waals surface area contributed by atoms with E-state index in [0.717, 1.165) is 43.5 Å². The van der Waals surface area contributed by atoms with Gasteiger partial charge in [-0.3, -0.25) is 9.59 Å². The monoisotopic (exact) mass is 512 g/mol. The van der Waals surface area contributed by atoms with Gasteiger partial charge in [-0.25, -0.2) is 0 Å². The number of nitrogens with zero attached hydrogens (tertiary/aromatic N) is 1. The normalized spacial score (nSPS) is 17.9. The highest BCUT2D eigenvalue weighted by Gasteiger charge is 2.46. The number of hydrogen-bond donors (Lipinski definition) is 2. The summed E-state index contributed by atoms with van der Waals surface area (Å²) in [6.07, 6.45) is -0.939. The number of carbonyl (C=O) groups excluding carboxylic acids is 1. The van der Waals surface area contributed by atoms with Crippen molar-refractivity contribution in [2.75, 3.05) is 5.32 Å². The molecule has 4 rings (SSSR count). The predicted octanol–water partition coefficient (Wildman–Crippen LogP) is 7.09. The Hall–Kier alpha value is -3.55. The average Bonchev–Trinajstić information content (AvgIpc) is 3.56. The van der Waals surface area contributed by atoms with Crippen LogP contribution in [0.2, 0.25) is 0 Å². The van der Waals surface area contributed by atoms with Crippen LogP contribution in [0.25, 0.3) is 0 Å². The molecule has 8 heteroatoms. The van der Waals surface area contributed by atoms with Gasteiger partial charge in [-0.15, -0.1) is 0 Å². The fraction of sp³-hybridized carbons (Fsp3) is 0.379. The van der Waals surface area contributed by atoms with Gasteiger partial charge in [0.1, 0.15) is 5.69 Å². The highest BCUT2D eigenvalue weighted by Crippen LogP contribution is 2.50. The van der Waals surface area contributed by atoms with Gasteiger partial charge in [0, 0.05) is 23.3 Å². The van der Waals surface area contributed by atoms with Crippen LogP contribution in [0.1, 0.15) is 77.9 Å². The second kappa shape index (κ2) is 10.8. The lowest BCUT2D eigenvalue weighted by atomic mass is 10.0. The summed E-state index contributed by atoms with van der Waals surface area (Å²) in [5.41, 5.74) is 2.14. The van der Waals surface area contributed by atoms with Crippen LogP contribution in [0.5, 0.6) is 0 Å². The van der Waals surface area contributed by atoms with Crippen LogP contribution < -0.4 is 5.32 Å². The first-order valence-corrected chi connectivity index (χ1v) is 12.6. The number of rotatable bonds is 10. The Labute approximate surface area is 214 Å². The molecule has 1 aliphatic carbocycles. The summed E-state index contributed by atoms with van der Waals surface area (Å²) in [5.74, 6) is -2.59. The van der Waals surface area contributed by atoms with Gasteiger partial charge < -0.3 is 15.0 Å². The molecule has 1 saturated carbocycles. The Kier molecular flexibility index (Phi) is 7.76. The Bertz CT molecular complexity index is 1270. The zero-order valence-electron chi connectivity index (χ0n) is 20.9. The molecular weight excluding hydrogens is 481 g/mol. The van der Waals surface area contributed by atoms with Gasteiger partial charge in [0.2, 0.25) is 0 Å². The standard InChI is InChI=1S/C29H31F3N2O3/c1-3-18(2)34-21(11-7-10-19-8-5-4-6-9-19)13-15-26(34)27(35)33-25-16-20(29(30,31)32)12-14-22(25)23-17-24(23)28(36)37/h4-6,8-9,12-16,18,23-24H,3,7,10-11,17H2,1-2H3,(H,33,35)(H,36,37). The number of benzene rings is 2. The Balaban J connectivity index is 1.59. The number of aromatic nitrogens is 1. The number of anilines is 1. The fourth-order valence-corrected chi connectivity index (χ4v) is 4.86. The third-order valence-electron chi connectivity index (χ3n) is 7.14. The van der Waals surface area contributed by atoms with E-state index in [4.69, 9.17) is 0 Å². The molecule has 1 fully saturated rings. The van der Waals surface area contributed by atoms with E-state index in [1.54, 1.807) is 6.07 Å². The number of hydrogen-bond acceptors (Lipinski definition) is 2. The third-order valence-corrected chi connectivity index (χ3v) is 7.14. The van der Waals surface area contributed by atoms with Crippen molar-refractivity contribution in [3.63, 3.8) is 0 Å². The molecule has 1 amide bonds. The number of nitrogens with one attached hydrogen (secondary N) is 1. The molecule has 3 aromatic rings. The van der Waals surface area contributed by atoms with Crippen molar-refractivity contribution in [3.8, 4) is 0 Å². The molecule has 3 unspecified atom stereocenters. The van der Waals surface area contributed by atoms with Crippen molar-refractivity contribution in [1.29, 1.82) is 0 Å². The van der Waals surface area contributed by atoms with Gasteiger partial charge in [0.15, 0.2) is 0 Å². The molecule has 37 heavy (non-hydrogen) atoms. The van der Waals surface area contributed by atoms with Gasteiger partial charge in [0.25, 0.3) is 5.91 Å². The largest absolute Gasteiger partial charge is 0.481 e. The first kappa shape index (κ1) is 26.5. The first-order valence-electron chi connectivity index (χ1n) is 12.6. The highest BCUT2D eigenvalue weighted by atomic mass is 19.4. The van der Waals surface area contributed by atoms with Gasteiger partial charge in [-0.05, 0) is 74.4 Å². The van der Waals surface area contributed by atoms with Crippen LogP contribution >= 0.6 is 0 Å². The van der Waals surface area contributed by atoms with Crippen LogP contribution in [0, 0.1) is 5.92 Å². The number of amides is 1. The molecule has 0 spiro atoms. The molecule has 0 saturated heterocycles. The maximum atomic E-state index is 13.4. The van der Waals surface area contributed by atoms with Gasteiger partial charge >= 0.3 is 12.1 Å². The van der Waals surface area contributed by atoms with Crippen molar-refractivity contribution >= 4 is 17.6 Å². The van der Waals surface area contributed by atoms with Crippen LogP contribution in [0.4, 0.5) is 18.9 Å². The van der Waals surface area contributed by atoms with Crippen molar-refractivity contribution in [2.45, 2.75) is 64.1 Å². The third kappa shape index (κ3) is 6.06. The van der Waals surface area contributed by atoms with Crippen LogP contribution in [-0.4, -0.2) is 21.6 Å². The minimum absolute atomic E-state index is 0.0103. The van der Waals surface area contributed by atoms with E-state index < -0.39 is 35.5 Å². The van der Waals surface area contributed by atoms with E-state index in [1.807, 2.05) is 42.7 Å². The second-order valence-electron chi connectivity index (χ2n) is 9.72. The molecule has 1 aliphatic rings. The Morgan fingerprint density at radius 2 is 1.81 bits per heavy atom. The minimum atomic E-state index is -4.59. The van der Waals surface area contributed by atoms with Crippen molar-refractivity contribution in [2.24, 2.45) is 5.92 Å². The van der Waals surface area contributed by atoms with E-state index in [1.165, 1.54) is 11.6 Å². The molecule has 1 aromatic heterocycles. The van der Waals surface area contributed by atoms with E-state index in [9.17, 15) is 27.9 Å². The van der Waals surface area contributed by atoms with E-state index >= 15 is 0 Å². The zero-order chi connectivity index (χ0) is 26.7. The summed E-state index contributed by atoms with van der Waals surface area (Å²) in [7, 11) is 0. The van der Waals surface area contributed by atoms with Crippen molar-refractivity contribution in [3.05, 3.63) is 88.7 Å². The highest BCUT2D eigenvalue weighted by molar-refractivity contribution is 6.04. The van der Waals surface area contributed by atoms with E-state index in [0.29, 0.717) is 17.7 Å². The number of carbonyl (C=O) groups is 2. The minimum Gasteiger partial charge on any atom is -0.481 e. The summed E-state index contributed by atoms with van der Waals surface area (Å²) in [4.78, 5) is 24.8. The maximum absolute atomic E-state index is 13.4. The molecule has 0 radical (unpaired) electrons. The van der Waals surface area contributed by atoms with Gasteiger partial charge in [-0.1, -0.05) is 43.3 Å². The fourth-order valence-electron chi connectivity index (χ4n) is 4.86. The molecule has 0 aliphatic heterocycles. The summed E-state index contributed by atoms with van der Waals surface area (Å²) in [5, 5.41) is 12.0. The quantitative estimate of drug-likeness (QED) is 0.305. The first-order chi connectivity index (χ1) is 17.6. The lowest BCUT2D eigenvalue weighted by Gasteiger charge is -2.20. The molecule has 2 aromatic carbocycles. The summed E-state index contributed by atoms with van der Waals surface area (Å²) >= 11 is 0. The second-order valence-corrected chi connectivity index (χ2v) is 9.72. The number of aliphatic carboxylic acids is 1. The Morgan fingerprint density at radius 1 is 1.08 bits per heavy atom. The van der Waals surface area contributed by atoms with Crippen LogP contribution in [-0.2, 0) is 23.8 Å². The van der Waals surface area contributed by atoms with E-state index in [-0.39, 0.29) is 11.7 Å². The SMILES string of the molecule is CCC(C)n1c(CCCc2ccccc2)ccc1C(=O)Nc1cc(C(F)(F)F)ccc1C1CC1C(=O)O. The zero-order valence-corrected chi connectivity index (χ0v) is 20.9. The summed E-state index contributed by atoms with van der Waals surface area (Å²) < 4.78 is 42.3. The van der Waals surface area contributed by atoms with Crippen molar-refractivity contribution < 1.29 is 27.9 Å². The molecule has 0 bridgehead atoms. The van der Waals surface area contributed by atoms with E-state index in [2.05, 4.69) is 17.4 Å². The molecule has 3 atom stereocenters. The Morgan fingerprint density at radius 3 is 2.43 bits per heavy atom. The summed E-state index contributed by atoms with van der Waals surface area (Å²) in [6, 6.07) is 16.9. The number of alkyl halides is 3. The molecule has 2 N–H and O–H groups in total. The number of carboxylic acids is 1. The number of carboxylic acid groups (broad SMARTS) is 1. The maximum Gasteiger partial charge on any atom is 0.416 e. The smallest absolute Gasteiger partial charge is 0.416 e. The number of aryl methyl sites for hydroxylation is 2. The molecular formula is C29H31F3N2O3. The topological polar surface area (TPSA) is 71.3 Å². The van der Waals surface area contributed by atoms with Gasteiger partial charge in [0.05, 0.1) is 11.5 Å². The van der Waals surface area contributed by atoms with Crippen LogP contribution in [0.3, 0.4) is 0 Å². The average molecular weight is 513 g/mol. The lowest BCUT2D eigenvalue weighted by molar-refractivity contribution is -0.139. The molecule has 1 heterocycles. The van der Waals surface area contributed by atoms with Crippen molar-refractivity contribution in [1.82, 2.24) is 4.57 Å². The molecule has 5 nitrogen and oxygen atoms in total. The number of halogens is 3. The molecule has 196 valence electrons. The predicted molar refractivity (Wildman–Crippen MR) is 136 cm³/mol. The lowest BCUT2D eigenvalue weighted by Crippen LogP contribution is -2.21.